The highest BCUT2D eigenvalue weighted by molar-refractivity contribution is 7.99. The predicted octanol–water partition coefficient (Wildman–Crippen LogP) is 4.18. The van der Waals surface area contributed by atoms with E-state index in [4.69, 9.17) is 9.47 Å². The van der Waals surface area contributed by atoms with Crippen LogP contribution < -0.4 is 14.4 Å². The van der Waals surface area contributed by atoms with Crippen LogP contribution in [0.25, 0.3) is 0 Å². The minimum atomic E-state index is 0.178. The van der Waals surface area contributed by atoms with Crippen LogP contribution in [0.15, 0.2) is 48.5 Å². The van der Waals surface area contributed by atoms with Gasteiger partial charge in [-0.15, -0.1) is 11.8 Å². The minimum Gasteiger partial charge on any atom is -0.494 e. The molecule has 4 nitrogen and oxygen atoms in total. The van der Waals surface area contributed by atoms with Crippen LogP contribution in [0.2, 0.25) is 0 Å². The standard InChI is InChI=1S/C21H25NO3S/c1-2-13-24-18-7-9-19(10-8-18)25-14-15-26-16-21(23)22-12-11-17-5-3-4-6-20(17)22/h3-10H,2,11-16H2,1H3. The number of carbonyl (C=O) groups is 1. The van der Waals surface area contributed by atoms with Gasteiger partial charge < -0.3 is 14.4 Å². The van der Waals surface area contributed by atoms with Crippen LogP contribution in [0.4, 0.5) is 5.69 Å². The molecule has 2 aromatic carbocycles. The van der Waals surface area contributed by atoms with Gasteiger partial charge >= 0.3 is 0 Å². The second-order valence-electron chi connectivity index (χ2n) is 6.15. The monoisotopic (exact) mass is 371 g/mol. The summed E-state index contributed by atoms with van der Waals surface area (Å²) in [4.78, 5) is 14.3. The smallest absolute Gasteiger partial charge is 0.236 e. The van der Waals surface area contributed by atoms with E-state index in [-0.39, 0.29) is 5.91 Å². The molecule has 5 heteroatoms. The van der Waals surface area contributed by atoms with E-state index in [9.17, 15) is 4.79 Å². The molecule has 0 unspecified atom stereocenters. The predicted molar refractivity (Wildman–Crippen MR) is 108 cm³/mol. The van der Waals surface area contributed by atoms with Gasteiger partial charge in [0.1, 0.15) is 11.5 Å². The highest BCUT2D eigenvalue weighted by atomic mass is 32.2. The van der Waals surface area contributed by atoms with Crippen molar-refractivity contribution < 1.29 is 14.3 Å². The van der Waals surface area contributed by atoms with Crippen LogP contribution in [0.3, 0.4) is 0 Å². The molecule has 1 heterocycles. The second-order valence-corrected chi connectivity index (χ2v) is 7.25. The Kier molecular flexibility index (Phi) is 6.83. The summed E-state index contributed by atoms with van der Waals surface area (Å²) in [5.41, 5.74) is 2.33. The molecule has 0 bridgehead atoms. The highest BCUT2D eigenvalue weighted by Gasteiger charge is 2.23. The van der Waals surface area contributed by atoms with E-state index in [1.54, 1.807) is 11.8 Å². The molecular weight excluding hydrogens is 346 g/mol. The van der Waals surface area contributed by atoms with Gasteiger partial charge in [0.05, 0.1) is 19.0 Å². The summed E-state index contributed by atoms with van der Waals surface area (Å²) >= 11 is 1.62. The Morgan fingerprint density at radius 1 is 1.04 bits per heavy atom. The molecule has 0 atom stereocenters. The summed E-state index contributed by atoms with van der Waals surface area (Å²) in [7, 11) is 0. The number of anilines is 1. The summed E-state index contributed by atoms with van der Waals surface area (Å²) in [6.07, 6.45) is 1.95. The summed E-state index contributed by atoms with van der Waals surface area (Å²) in [6, 6.07) is 15.8. The van der Waals surface area contributed by atoms with E-state index in [0.717, 1.165) is 48.9 Å². The van der Waals surface area contributed by atoms with E-state index in [0.29, 0.717) is 12.4 Å². The minimum absolute atomic E-state index is 0.178. The zero-order valence-corrected chi connectivity index (χ0v) is 16.0. The van der Waals surface area contributed by atoms with Crippen LogP contribution in [0.5, 0.6) is 11.5 Å². The molecule has 3 rings (SSSR count). The number of fused-ring (bicyclic) bond motifs is 1. The topological polar surface area (TPSA) is 38.8 Å². The van der Waals surface area contributed by atoms with E-state index in [1.165, 1.54) is 5.56 Å². The lowest BCUT2D eigenvalue weighted by Gasteiger charge is -2.17. The first-order valence-corrected chi connectivity index (χ1v) is 10.2. The van der Waals surface area contributed by atoms with E-state index in [2.05, 4.69) is 13.0 Å². The number of amides is 1. The maximum atomic E-state index is 12.4. The van der Waals surface area contributed by atoms with Crippen LogP contribution in [0.1, 0.15) is 18.9 Å². The van der Waals surface area contributed by atoms with Crippen molar-refractivity contribution in [1.29, 1.82) is 0 Å². The van der Waals surface area contributed by atoms with Gasteiger partial charge in [0.25, 0.3) is 0 Å². The Bertz CT molecular complexity index is 717. The lowest BCUT2D eigenvalue weighted by atomic mass is 10.2. The van der Waals surface area contributed by atoms with Gasteiger partial charge in [-0.1, -0.05) is 25.1 Å². The molecule has 0 N–H and O–H groups in total. The first kappa shape index (κ1) is 18.6. The van der Waals surface area contributed by atoms with Crippen molar-refractivity contribution in [3.05, 3.63) is 54.1 Å². The van der Waals surface area contributed by atoms with E-state index in [1.807, 2.05) is 47.4 Å². The van der Waals surface area contributed by atoms with Gasteiger partial charge in [0.15, 0.2) is 0 Å². The third-order valence-corrected chi connectivity index (χ3v) is 5.11. The average molecular weight is 372 g/mol. The first-order valence-electron chi connectivity index (χ1n) is 9.09. The van der Waals surface area contributed by atoms with Crippen LogP contribution in [-0.4, -0.2) is 37.2 Å². The lowest BCUT2D eigenvalue weighted by molar-refractivity contribution is -0.116. The third-order valence-electron chi connectivity index (χ3n) is 4.21. The zero-order chi connectivity index (χ0) is 18.2. The number of para-hydroxylation sites is 1. The molecule has 0 fully saturated rings. The summed E-state index contributed by atoms with van der Waals surface area (Å²) in [5.74, 6) is 3.15. The normalized spacial score (nSPS) is 12.7. The molecule has 0 spiro atoms. The maximum absolute atomic E-state index is 12.4. The molecule has 0 aromatic heterocycles. The molecular formula is C21H25NO3S. The second kappa shape index (κ2) is 9.53. The summed E-state index contributed by atoms with van der Waals surface area (Å²) < 4.78 is 11.3. The number of rotatable bonds is 9. The van der Waals surface area contributed by atoms with Crippen molar-refractivity contribution in [2.45, 2.75) is 19.8 Å². The van der Waals surface area contributed by atoms with Gasteiger partial charge in [-0.2, -0.15) is 0 Å². The number of thioether (sulfide) groups is 1. The molecule has 138 valence electrons. The van der Waals surface area contributed by atoms with Gasteiger partial charge in [0.2, 0.25) is 5.91 Å². The molecule has 1 aliphatic heterocycles. The Labute approximate surface area is 159 Å². The van der Waals surface area contributed by atoms with Crippen molar-refractivity contribution in [2.75, 3.05) is 36.2 Å². The highest BCUT2D eigenvalue weighted by Crippen LogP contribution is 2.28. The molecule has 0 saturated heterocycles. The van der Waals surface area contributed by atoms with Crippen LogP contribution in [-0.2, 0) is 11.2 Å². The van der Waals surface area contributed by atoms with Crippen molar-refractivity contribution in [3.8, 4) is 11.5 Å². The number of benzene rings is 2. The number of nitrogens with zero attached hydrogens (tertiary/aromatic N) is 1. The van der Waals surface area contributed by atoms with Crippen LogP contribution in [0, 0.1) is 0 Å². The molecule has 1 aliphatic rings. The average Bonchev–Trinajstić information content (AvgIpc) is 3.11. The zero-order valence-electron chi connectivity index (χ0n) is 15.1. The van der Waals surface area contributed by atoms with Gasteiger partial charge in [0, 0.05) is 18.0 Å². The van der Waals surface area contributed by atoms with Crippen molar-refractivity contribution in [3.63, 3.8) is 0 Å². The number of ether oxygens (including phenoxy) is 2. The van der Waals surface area contributed by atoms with Crippen LogP contribution >= 0.6 is 11.8 Å². The van der Waals surface area contributed by atoms with E-state index >= 15 is 0 Å². The summed E-state index contributed by atoms with van der Waals surface area (Å²) in [5, 5.41) is 0. The molecule has 0 saturated carbocycles. The van der Waals surface area contributed by atoms with Crippen molar-refractivity contribution in [2.24, 2.45) is 0 Å². The largest absolute Gasteiger partial charge is 0.494 e. The Morgan fingerprint density at radius 3 is 2.46 bits per heavy atom. The maximum Gasteiger partial charge on any atom is 0.236 e. The van der Waals surface area contributed by atoms with Crippen molar-refractivity contribution >= 4 is 23.4 Å². The first-order chi connectivity index (χ1) is 12.8. The fraction of sp³-hybridized carbons (Fsp3) is 0.381. The fourth-order valence-corrected chi connectivity index (χ4v) is 3.58. The number of carbonyl (C=O) groups excluding carboxylic acids is 1. The quantitative estimate of drug-likeness (QED) is 0.620. The SMILES string of the molecule is CCCOc1ccc(OCCSCC(=O)N2CCc3ccccc32)cc1. The van der Waals surface area contributed by atoms with Gasteiger partial charge in [-0.25, -0.2) is 0 Å². The fourth-order valence-electron chi connectivity index (χ4n) is 2.91. The molecule has 0 radical (unpaired) electrons. The van der Waals surface area contributed by atoms with Gasteiger partial charge in [-0.05, 0) is 48.7 Å². The van der Waals surface area contributed by atoms with Crippen molar-refractivity contribution in [1.82, 2.24) is 0 Å². The van der Waals surface area contributed by atoms with Gasteiger partial charge in [-0.3, -0.25) is 4.79 Å². The summed E-state index contributed by atoms with van der Waals surface area (Å²) in [6.45, 7) is 4.19. The lowest BCUT2D eigenvalue weighted by Crippen LogP contribution is -2.30. The Hall–Kier alpha value is -2.14. The van der Waals surface area contributed by atoms with E-state index < -0.39 is 0 Å². The molecule has 2 aromatic rings. The Morgan fingerprint density at radius 2 is 1.73 bits per heavy atom. The number of hydrogen-bond donors (Lipinski definition) is 0. The third kappa shape index (κ3) is 4.94. The molecule has 1 amide bonds. The Balaban J connectivity index is 1.35. The molecule has 26 heavy (non-hydrogen) atoms. The number of hydrogen-bond acceptors (Lipinski definition) is 4. The molecule has 0 aliphatic carbocycles.